The molecular formula is C3H7NO2. The van der Waals surface area contributed by atoms with Crippen molar-refractivity contribution in [2.45, 2.75) is 0 Å². The van der Waals surface area contributed by atoms with E-state index in [0.29, 0.717) is 0 Å². The molecule has 2 N–H and O–H groups in total. The summed E-state index contributed by atoms with van der Waals surface area (Å²) in [6.45, 7) is 3.48. The number of hydrogen-bond acceptors (Lipinski definition) is 2. The highest BCUT2D eigenvalue weighted by Gasteiger charge is 1.58. The normalized spacial score (nSPS) is 5.33. The third-order valence-corrected chi connectivity index (χ3v) is 0.204. The van der Waals surface area contributed by atoms with Crippen LogP contribution in [-0.2, 0) is 0 Å². The summed E-state index contributed by atoms with van der Waals surface area (Å²) in [4.78, 5) is 9.08. The predicted molar refractivity (Wildman–Crippen MR) is 24.5 cm³/mol. The zero-order valence-corrected chi connectivity index (χ0v) is 3.35. The average molecular weight is 89.1 g/mol. The van der Waals surface area contributed by atoms with Crippen molar-refractivity contribution in [3.05, 3.63) is 17.6 Å². The Hall–Kier alpha value is -0.700. The largest absolute Gasteiger partial charge is 0.412 e. The summed E-state index contributed by atoms with van der Waals surface area (Å²) in [5.41, 5.74) is 0. The molecule has 0 radical (unpaired) electrons. The maximum Gasteiger partial charge on any atom is 0.0989 e. The van der Waals surface area contributed by atoms with E-state index in [1.165, 1.54) is 6.08 Å². The molecule has 0 saturated heterocycles. The lowest BCUT2D eigenvalue weighted by Crippen LogP contribution is -1.58. The number of hydrogen-bond donors (Lipinski definition) is 0. The van der Waals surface area contributed by atoms with Gasteiger partial charge in [-0.2, -0.15) is 4.91 Å². The van der Waals surface area contributed by atoms with Crippen LogP contribution in [0.25, 0.3) is 0 Å². The van der Waals surface area contributed by atoms with Gasteiger partial charge in [-0.3, -0.25) is 0 Å². The fourth-order valence-corrected chi connectivity index (χ4v) is 0.0527. The molecule has 0 heterocycles. The monoisotopic (exact) mass is 89.0 g/mol. The van der Waals surface area contributed by atoms with Gasteiger partial charge in [-0.1, -0.05) is 11.3 Å². The minimum Gasteiger partial charge on any atom is -0.412 e. The van der Waals surface area contributed by atoms with Crippen LogP contribution in [0, 0.1) is 4.91 Å². The summed E-state index contributed by atoms with van der Waals surface area (Å²) in [5.74, 6) is 0. The minimum atomic E-state index is 0. The van der Waals surface area contributed by atoms with Crippen molar-refractivity contribution >= 4 is 0 Å². The van der Waals surface area contributed by atoms with E-state index in [9.17, 15) is 0 Å². The summed E-state index contributed by atoms with van der Waals surface area (Å²) in [6.07, 6.45) is 1.45. The lowest BCUT2D eigenvalue weighted by atomic mass is 10.7. The van der Waals surface area contributed by atoms with Gasteiger partial charge in [0.25, 0.3) is 0 Å². The van der Waals surface area contributed by atoms with E-state index in [2.05, 4.69) is 11.8 Å². The summed E-state index contributed by atoms with van der Waals surface area (Å²) in [7, 11) is 0. The lowest BCUT2D eigenvalue weighted by Gasteiger charge is -1.59. The molecule has 0 amide bonds. The molecule has 36 valence electrons. The topological polar surface area (TPSA) is 60.9 Å². The summed E-state index contributed by atoms with van der Waals surface area (Å²) in [6, 6.07) is 0. The summed E-state index contributed by atoms with van der Waals surface area (Å²) >= 11 is 0. The minimum absolute atomic E-state index is 0. The fourth-order valence-electron chi connectivity index (χ4n) is 0.0527. The first-order valence-corrected chi connectivity index (χ1v) is 1.32. The molecule has 0 spiro atoms. The first-order chi connectivity index (χ1) is 2.41. The highest BCUT2D eigenvalue weighted by Crippen LogP contribution is 1.61. The van der Waals surface area contributed by atoms with Gasteiger partial charge < -0.3 is 5.48 Å². The van der Waals surface area contributed by atoms with E-state index >= 15 is 0 Å². The zero-order chi connectivity index (χ0) is 4.12. The quantitative estimate of drug-likeness (QED) is 0.350. The molecule has 0 aromatic heterocycles. The van der Waals surface area contributed by atoms with Gasteiger partial charge >= 0.3 is 0 Å². The van der Waals surface area contributed by atoms with Gasteiger partial charge in [-0.05, 0) is 0 Å². The highest BCUT2D eigenvalue weighted by atomic mass is 16.3. The van der Waals surface area contributed by atoms with E-state index in [4.69, 9.17) is 4.91 Å². The molecule has 0 fully saturated rings. The molecule has 3 nitrogen and oxygen atoms in total. The van der Waals surface area contributed by atoms with Crippen molar-refractivity contribution in [3.63, 3.8) is 0 Å². The van der Waals surface area contributed by atoms with Crippen molar-refractivity contribution in [2.75, 3.05) is 6.54 Å². The maximum absolute atomic E-state index is 9.08. The molecule has 3 heteroatoms. The molecule has 0 aliphatic carbocycles. The van der Waals surface area contributed by atoms with Crippen molar-refractivity contribution in [1.29, 1.82) is 0 Å². The molecule has 0 bridgehead atoms. The Bertz CT molecular complexity index is 38.1. The zero-order valence-electron chi connectivity index (χ0n) is 3.35. The molecular weight excluding hydrogens is 82.0 g/mol. The molecule has 0 aromatic carbocycles. The van der Waals surface area contributed by atoms with Gasteiger partial charge in [0.15, 0.2) is 0 Å². The van der Waals surface area contributed by atoms with Gasteiger partial charge in [0, 0.05) is 0 Å². The van der Waals surface area contributed by atoms with Crippen LogP contribution in [0.4, 0.5) is 0 Å². The smallest absolute Gasteiger partial charge is 0.0989 e. The van der Waals surface area contributed by atoms with E-state index in [-0.39, 0.29) is 12.0 Å². The van der Waals surface area contributed by atoms with E-state index in [1.54, 1.807) is 0 Å². The number of nitrogens with zero attached hydrogens (tertiary/aromatic N) is 1. The van der Waals surface area contributed by atoms with Crippen LogP contribution in [0.1, 0.15) is 0 Å². The van der Waals surface area contributed by atoms with E-state index < -0.39 is 0 Å². The second-order valence-corrected chi connectivity index (χ2v) is 0.600. The SMILES string of the molecule is C=CCN=O.O. The van der Waals surface area contributed by atoms with Crippen LogP contribution in [0.15, 0.2) is 17.8 Å². The van der Waals surface area contributed by atoms with Crippen LogP contribution in [0.3, 0.4) is 0 Å². The Morgan fingerprint density at radius 2 is 2.33 bits per heavy atom. The first kappa shape index (κ1) is 9.00. The van der Waals surface area contributed by atoms with Gasteiger partial charge in [-0.15, -0.1) is 6.58 Å². The Kier molecular flexibility index (Phi) is 13.3. The van der Waals surface area contributed by atoms with Crippen molar-refractivity contribution < 1.29 is 5.48 Å². The third-order valence-electron chi connectivity index (χ3n) is 0.204. The Labute approximate surface area is 36.0 Å². The van der Waals surface area contributed by atoms with Gasteiger partial charge in [0.2, 0.25) is 0 Å². The van der Waals surface area contributed by atoms with Gasteiger partial charge in [-0.25, -0.2) is 0 Å². The van der Waals surface area contributed by atoms with Gasteiger partial charge in [0.1, 0.15) is 0 Å². The second-order valence-electron chi connectivity index (χ2n) is 0.600. The third kappa shape index (κ3) is 10.3. The number of rotatable bonds is 2. The molecule has 0 aliphatic rings. The summed E-state index contributed by atoms with van der Waals surface area (Å²) < 4.78 is 0. The molecule has 0 atom stereocenters. The lowest BCUT2D eigenvalue weighted by molar-refractivity contribution is 0.824. The van der Waals surface area contributed by atoms with E-state index in [1.807, 2.05) is 0 Å². The van der Waals surface area contributed by atoms with Crippen LogP contribution in [0.5, 0.6) is 0 Å². The Morgan fingerprint density at radius 3 is 2.33 bits per heavy atom. The predicted octanol–water partition coefficient (Wildman–Crippen LogP) is 0.114. The average Bonchev–Trinajstić information content (AvgIpc) is 1.41. The Morgan fingerprint density at radius 1 is 1.83 bits per heavy atom. The first-order valence-electron chi connectivity index (χ1n) is 1.32. The Balaban J connectivity index is 0. The van der Waals surface area contributed by atoms with E-state index in [0.717, 1.165) is 0 Å². The van der Waals surface area contributed by atoms with Crippen molar-refractivity contribution in [2.24, 2.45) is 5.18 Å². The molecule has 0 rings (SSSR count). The molecule has 0 unspecified atom stereocenters. The summed E-state index contributed by atoms with van der Waals surface area (Å²) in [5, 5.41) is 2.49. The maximum atomic E-state index is 9.08. The fraction of sp³-hybridized carbons (Fsp3) is 0.333. The molecule has 0 aliphatic heterocycles. The van der Waals surface area contributed by atoms with Gasteiger partial charge in [0.05, 0.1) is 6.54 Å². The van der Waals surface area contributed by atoms with Crippen LogP contribution < -0.4 is 0 Å². The molecule has 0 saturated carbocycles. The highest BCUT2D eigenvalue weighted by molar-refractivity contribution is 4.67. The standard InChI is InChI=1S/C3H5NO.H2O/c1-2-3-4-5;/h2H,1,3H2;1H2. The van der Waals surface area contributed by atoms with Crippen molar-refractivity contribution in [3.8, 4) is 0 Å². The number of nitroso groups, excluding NO2 is 1. The molecule has 6 heavy (non-hydrogen) atoms. The van der Waals surface area contributed by atoms with Crippen molar-refractivity contribution in [1.82, 2.24) is 0 Å². The van der Waals surface area contributed by atoms with Crippen LogP contribution in [0.2, 0.25) is 0 Å². The second kappa shape index (κ2) is 8.85. The molecule has 0 aromatic rings. The van der Waals surface area contributed by atoms with Crippen LogP contribution >= 0.6 is 0 Å². The van der Waals surface area contributed by atoms with Crippen LogP contribution in [-0.4, -0.2) is 12.0 Å².